The van der Waals surface area contributed by atoms with Crippen molar-refractivity contribution in [3.63, 3.8) is 0 Å². The van der Waals surface area contributed by atoms with Crippen LogP contribution in [0.1, 0.15) is 60.8 Å². The second-order valence-electron chi connectivity index (χ2n) is 9.73. The summed E-state index contributed by atoms with van der Waals surface area (Å²) in [6, 6.07) is 0. The van der Waals surface area contributed by atoms with E-state index in [4.69, 9.17) is 9.16 Å². The smallest absolute Gasteiger partial charge is 0.192 e. The van der Waals surface area contributed by atoms with Crippen molar-refractivity contribution in [1.29, 1.82) is 0 Å². The molecule has 0 N–H and O–H groups in total. The lowest BCUT2D eigenvalue weighted by molar-refractivity contribution is -0.0709. The van der Waals surface area contributed by atoms with Crippen LogP contribution in [0.4, 0.5) is 0 Å². The summed E-state index contributed by atoms with van der Waals surface area (Å²) in [5.41, 5.74) is 2.24. The van der Waals surface area contributed by atoms with Crippen LogP contribution in [-0.4, -0.2) is 27.1 Å². The van der Waals surface area contributed by atoms with E-state index in [0.717, 1.165) is 12.8 Å². The van der Waals surface area contributed by atoms with E-state index in [9.17, 15) is 0 Å². The second kappa shape index (κ2) is 9.03. The molecular formula is C23H42O2Si. The minimum absolute atomic E-state index is 0.228. The monoisotopic (exact) mass is 378 g/mol. The van der Waals surface area contributed by atoms with Crippen molar-refractivity contribution in [3.8, 4) is 0 Å². The standard InChI is InChI=1S/C23H42O2Si/c1-11-15-24-23(17-19(4)12-13-21(23)18(2)3)20(5)14-16-25-26(9,10)22(6,7)8/h11,14,19,21H,1-2,12-13,15-17H2,3-10H3/b20-14+/t19-,21+,23-/m1/s1. The quantitative estimate of drug-likeness (QED) is 0.337. The maximum absolute atomic E-state index is 6.48. The van der Waals surface area contributed by atoms with Gasteiger partial charge < -0.3 is 9.16 Å². The third-order valence-electron chi connectivity index (χ3n) is 6.52. The fourth-order valence-corrected chi connectivity index (χ4v) is 4.70. The molecule has 0 bridgehead atoms. The molecule has 3 heteroatoms. The van der Waals surface area contributed by atoms with Crippen LogP contribution >= 0.6 is 0 Å². The number of hydrogen-bond donors (Lipinski definition) is 0. The number of rotatable bonds is 8. The molecule has 0 aromatic rings. The van der Waals surface area contributed by atoms with Crippen LogP contribution in [-0.2, 0) is 9.16 Å². The summed E-state index contributed by atoms with van der Waals surface area (Å²) in [6.45, 7) is 27.5. The molecule has 0 spiro atoms. The molecule has 26 heavy (non-hydrogen) atoms. The molecule has 0 aromatic carbocycles. The van der Waals surface area contributed by atoms with Gasteiger partial charge in [0.2, 0.25) is 0 Å². The summed E-state index contributed by atoms with van der Waals surface area (Å²) in [4.78, 5) is 0. The normalized spacial score (nSPS) is 28.1. The van der Waals surface area contributed by atoms with Crippen molar-refractivity contribution in [3.05, 3.63) is 36.5 Å². The minimum atomic E-state index is -1.74. The van der Waals surface area contributed by atoms with Crippen LogP contribution in [0, 0.1) is 11.8 Å². The van der Waals surface area contributed by atoms with E-state index >= 15 is 0 Å². The Morgan fingerprint density at radius 3 is 2.31 bits per heavy atom. The molecule has 0 radical (unpaired) electrons. The van der Waals surface area contributed by atoms with E-state index in [1.807, 2.05) is 6.08 Å². The molecule has 1 saturated carbocycles. The molecule has 0 unspecified atom stereocenters. The summed E-state index contributed by atoms with van der Waals surface area (Å²) < 4.78 is 12.9. The van der Waals surface area contributed by atoms with Crippen LogP contribution in [0.15, 0.2) is 36.5 Å². The molecule has 1 aliphatic carbocycles. The molecule has 0 heterocycles. The Kier molecular flexibility index (Phi) is 8.13. The highest BCUT2D eigenvalue weighted by Crippen LogP contribution is 2.47. The molecule has 3 atom stereocenters. The van der Waals surface area contributed by atoms with Gasteiger partial charge in [-0.3, -0.25) is 0 Å². The summed E-state index contributed by atoms with van der Waals surface area (Å²) in [5.74, 6) is 1.02. The third-order valence-corrected chi connectivity index (χ3v) is 11.0. The Bertz CT molecular complexity index is 527. The number of ether oxygens (including phenoxy) is 1. The molecular weight excluding hydrogens is 336 g/mol. The van der Waals surface area contributed by atoms with Gasteiger partial charge in [0.1, 0.15) is 0 Å². The third kappa shape index (κ3) is 5.43. The summed E-state index contributed by atoms with van der Waals surface area (Å²) in [5, 5.41) is 0.228. The lowest BCUT2D eigenvalue weighted by atomic mass is 9.65. The molecule has 2 nitrogen and oxygen atoms in total. The SMILES string of the molecule is C=CCO[C@@]1(/C(C)=C/CO[Si](C)(C)C(C)(C)C)C[C@H](C)CC[C@H]1C(=C)C. The molecule has 0 aliphatic heterocycles. The number of hydrogen-bond acceptors (Lipinski definition) is 2. The minimum Gasteiger partial charge on any atom is -0.413 e. The van der Waals surface area contributed by atoms with Gasteiger partial charge in [0, 0.05) is 5.92 Å². The fourth-order valence-electron chi connectivity index (χ4n) is 3.77. The first-order valence-corrected chi connectivity index (χ1v) is 13.0. The van der Waals surface area contributed by atoms with Crippen molar-refractivity contribution < 1.29 is 9.16 Å². The first kappa shape index (κ1) is 23.4. The van der Waals surface area contributed by atoms with Gasteiger partial charge >= 0.3 is 0 Å². The van der Waals surface area contributed by atoms with Crippen molar-refractivity contribution >= 4 is 8.32 Å². The predicted molar refractivity (Wildman–Crippen MR) is 117 cm³/mol. The van der Waals surface area contributed by atoms with Gasteiger partial charge in [0.15, 0.2) is 8.32 Å². The maximum atomic E-state index is 6.48. The predicted octanol–water partition coefficient (Wildman–Crippen LogP) is 6.91. The highest BCUT2D eigenvalue weighted by atomic mass is 28.4. The Labute approximate surface area is 163 Å². The van der Waals surface area contributed by atoms with Gasteiger partial charge in [-0.25, -0.2) is 0 Å². The topological polar surface area (TPSA) is 18.5 Å². The van der Waals surface area contributed by atoms with E-state index in [1.165, 1.54) is 17.6 Å². The Balaban J connectivity index is 3.09. The van der Waals surface area contributed by atoms with E-state index < -0.39 is 8.32 Å². The average molecular weight is 379 g/mol. The summed E-state index contributed by atoms with van der Waals surface area (Å²) in [6.07, 6.45) is 7.54. The first-order chi connectivity index (χ1) is 11.9. The van der Waals surface area contributed by atoms with Crippen molar-refractivity contribution in [2.45, 2.75) is 84.5 Å². The van der Waals surface area contributed by atoms with Gasteiger partial charge in [0.05, 0.1) is 18.8 Å². The van der Waals surface area contributed by atoms with Crippen LogP contribution in [0.3, 0.4) is 0 Å². The Morgan fingerprint density at radius 1 is 1.19 bits per heavy atom. The van der Waals surface area contributed by atoms with Crippen molar-refractivity contribution in [2.75, 3.05) is 13.2 Å². The van der Waals surface area contributed by atoms with Gasteiger partial charge in [-0.2, -0.15) is 0 Å². The lowest BCUT2D eigenvalue weighted by Crippen LogP contribution is -2.47. The zero-order valence-corrected chi connectivity index (χ0v) is 19.6. The Morgan fingerprint density at radius 2 is 1.81 bits per heavy atom. The van der Waals surface area contributed by atoms with E-state index in [-0.39, 0.29) is 10.6 Å². The van der Waals surface area contributed by atoms with Crippen molar-refractivity contribution in [1.82, 2.24) is 0 Å². The van der Waals surface area contributed by atoms with E-state index in [2.05, 4.69) is 73.9 Å². The fraction of sp³-hybridized carbons (Fsp3) is 0.739. The van der Waals surface area contributed by atoms with E-state index in [1.54, 1.807) is 0 Å². The molecule has 0 amide bonds. The lowest BCUT2D eigenvalue weighted by Gasteiger charge is -2.47. The highest BCUT2D eigenvalue weighted by Gasteiger charge is 2.45. The van der Waals surface area contributed by atoms with Crippen LogP contribution in [0.5, 0.6) is 0 Å². The van der Waals surface area contributed by atoms with Crippen molar-refractivity contribution in [2.24, 2.45) is 11.8 Å². The van der Waals surface area contributed by atoms with Gasteiger partial charge in [0.25, 0.3) is 0 Å². The van der Waals surface area contributed by atoms with Gasteiger partial charge in [-0.1, -0.05) is 52.0 Å². The molecule has 150 valence electrons. The Hall–Kier alpha value is -0.643. The molecule has 1 aliphatic rings. The molecule has 0 saturated heterocycles. The summed E-state index contributed by atoms with van der Waals surface area (Å²) in [7, 11) is -1.74. The highest BCUT2D eigenvalue weighted by molar-refractivity contribution is 6.74. The zero-order chi connectivity index (χ0) is 20.2. The first-order valence-electron chi connectivity index (χ1n) is 10.1. The van der Waals surface area contributed by atoms with Gasteiger partial charge in [-0.15, -0.1) is 6.58 Å². The molecule has 0 aromatic heterocycles. The molecule has 1 rings (SSSR count). The second-order valence-corrected chi connectivity index (χ2v) is 14.5. The zero-order valence-electron chi connectivity index (χ0n) is 18.6. The van der Waals surface area contributed by atoms with Crippen LogP contribution in [0.25, 0.3) is 0 Å². The summed E-state index contributed by atoms with van der Waals surface area (Å²) >= 11 is 0. The van der Waals surface area contributed by atoms with Crippen LogP contribution < -0.4 is 0 Å². The van der Waals surface area contributed by atoms with Gasteiger partial charge in [-0.05, 0) is 62.7 Å². The van der Waals surface area contributed by atoms with Crippen LogP contribution in [0.2, 0.25) is 18.1 Å². The molecule has 1 fully saturated rings. The largest absolute Gasteiger partial charge is 0.413 e. The van der Waals surface area contributed by atoms with E-state index in [0.29, 0.717) is 25.0 Å². The maximum Gasteiger partial charge on any atom is 0.192 e. The average Bonchev–Trinajstić information content (AvgIpc) is 2.51.